The summed E-state index contributed by atoms with van der Waals surface area (Å²) >= 11 is 0. The van der Waals surface area contributed by atoms with Gasteiger partial charge in [0.1, 0.15) is 0 Å². The molecule has 0 saturated carbocycles. The Balaban J connectivity index is 1.07. The van der Waals surface area contributed by atoms with Crippen LogP contribution in [0.25, 0.3) is 10.8 Å². The number of anilines is 18. The van der Waals surface area contributed by atoms with E-state index >= 15 is 9.13 Å². The Bertz CT molecular complexity index is 4410. The van der Waals surface area contributed by atoms with Crippen LogP contribution in [0.1, 0.15) is 0 Å². The van der Waals surface area contributed by atoms with Crippen LogP contribution in [0.4, 0.5) is 102 Å². The van der Waals surface area contributed by atoms with Gasteiger partial charge in [-0.15, -0.1) is 0 Å². The molecule has 8 nitrogen and oxygen atoms in total. The van der Waals surface area contributed by atoms with Crippen molar-refractivity contribution in [2.75, 3.05) is 29.4 Å². The lowest BCUT2D eigenvalue weighted by molar-refractivity contribution is 0.591. The molecule has 80 heavy (non-hydrogen) atoms. The summed E-state index contributed by atoms with van der Waals surface area (Å²) in [7, 11) is -7.65. The SMILES string of the molecule is O=P12c3c4cccc3N(c3ccccc3)c3cc5c6c7c(cc5c(c31)N(c1ccccc1)c1cccc(c12)N4c1ccccc1)N(c1ccccc1)c1cccc2c1P7(=O)c1c(cccc1N6c1ccccc1)N2c1ccccc1. The Morgan fingerprint density at radius 3 is 0.637 bits per heavy atom. The topological polar surface area (TPSA) is 53.6 Å². The second kappa shape index (κ2) is 15.9. The molecule has 0 saturated heterocycles. The van der Waals surface area contributed by atoms with Gasteiger partial charge in [0.25, 0.3) is 0 Å². The highest BCUT2D eigenvalue weighted by molar-refractivity contribution is 7.88. The van der Waals surface area contributed by atoms with Crippen molar-refractivity contribution in [2.45, 2.75) is 0 Å². The first-order valence-electron chi connectivity index (χ1n) is 27.1. The summed E-state index contributed by atoms with van der Waals surface area (Å²) in [5.41, 5.74) is 16.0. The number of fused-ring (bicyclic) bond motifs is 3. The van der Waals surface area contributed by atoms with E-state index in [1.807, 2.05) is 12.1 Å². The molecule has 12 aromatic carbocycles. The van der Waals surface area contributed by atoms with E-state index in [0.717, 1.165) is 145 Å². The van der Waals surface area contributed by atoms with E-state index in [1.165, 1.54) is 0 Å². The molecule has 0 fully saturated rings. The quantitative estimate of drug-likeness (QED) is 0.153. The number of nitrogens with zero attached hydrogens (tertiary/aromatic N) is 6. The van der Waals surface area contributed by atoms with Gasteiger partial charge in [0.05, 0.1) is 100 Å². The van der Waals surface area contributed by atoms with Crippen LogP contribution in [-0.2, 0) is 9.13 Å². The molecule has 6 heterocycles. The Hall–Kier alpha value is -9.84. The maximum Gasteiger partial charge on any atom is 0.183 e. The predicted molar refractivity (Wildman–Crippen MR) is 332 cm³/mol. The highest BCUT2D eigenvalue weighted by Crippen LogP contribution is 2.71. The van der Waals surface area contributed by atoms with Crippen LogP contribution >= 0.6 is 14.3 Å². The molecule has 6 aliphatic heterocycles. The van der Waals surface area contributed by atoms with Crippen molar-refractivity contribution in [3.8, 4) is 0 Å². The summed E-state index contributed by atoms with van der Waals surface area (Å²) in [6.07, 6.45) is 0. The molecule has 2 unspecified atom stereocenters. The van der Waals surface area contributed by atoms with E-state index in [1.54, 1.807) is 0 Å². The smallest absolute Gasteiger partial charge is 0.183 e. The van der Waals surface area contributed by atoms with Gasteiger partial charge in [-0.3, -0.25) is 0 Å². The number of benzene rings is 12. The fourth-order valence-corrected chi connectivity index (χ4v) is 21.6. The van der Waals surface area contributed by atoms with Gasteiger partial charge >= 0.3 is 0 Å². The maximum absolute atomic E-state index is 18.3. The predicted octanol–water partition coefficient (Wildman–Crippen LogP) is 16.8. The van der Waals surface area contributed by atoms with Gasteiger partial charge < -0.3 is 38.5 Å². The second-order valence-corrected chi connectivity index (χ2v) is 26.2. The lowest BCUT2D eigenvalue weighted by Gasteiger charge is -2.51. The van der Waals surface area contributed by atoms with E-state index in [9.17, 15) is 0 Å². The minimum Gasteiger partial charge on any atom is -0.309 e. The minimum absolute atomic E-state index is 0.773. The molecule has 0 aliphatic carbocycles. The Morgan fingerprint density at radius 2 is 0.400 bits per heavy atom. The van der Waals surface area contributed by atoms with Crippen LogP contribution in [0.15, 0.2) is 267 Å². The highest BCUT2D eigenvalue weighted by Gasteiger charge is 2.58. The lowest BCUT2D eigenvalue weighted by atomic mass is 9.97. The van der Waals surface area contributed by atoms with Crippen molar-refractivity contribution in [3.05, 3.63) is 267 Å². The minimum atomic E-state index is -3.83. The molecule has 0 spiro atoms. The van der Waals surface area contributed by atoms with E-state index in [0.29, 0.717) is 0 Å². The zero-order valence-corrected chi connectivity index (χ0v) is 44.6. The summed E-state index contributed by atoms with van der Waals surface area (Å²) in [4.78, 5) is 14.1. The van der Waals surface area contributed by atoms with E-state index < -0.39 is 14.3 Å². The third-order valence-corrected chi connectivity index (χ3v) is 23.6. The summed E-state index contributed by atoms with van der Waals surface area (Å²) in [6.45, 7) is 0. The molecular weight excluding hydrogens is 1020 g/mol. The van der Waals surface area contributed by atoms with Crippen molar-refractivity contribution in [1.29, 1.82) is 0 Å². The van der Waals surface area contributed by atoms with E-state index in [2.05, 4.69) is 284 Å². The van der Waals surface area contributed by atoms with Gasteiger partial charge in [-0.05, 0) is 133 Å². The molecule has 12 aromatic rings. The monoisotopic (exact) mass is 1060 g/mol. The van der Waals surface area contributed by atoms with Gasteiger partial charge in [-0.2, -0.15) is 0 Å². The third-order valence-electron chi connectivity index (χ3n) is 17.1. The molecule has 0 radical (unpaired) electrons. The molecule has 0 bridgehead atoms. The molecule has 376 valence electrons. The Kier molecular flexibility index (Phi) is 8.78. The number of hydrogen-bond donors (Lipinski definition) is 0. The van der Waals surface area contributed by atoms with Crippen molar-refractivity contribution in [1.82, 2.24) is 0 Å². The summed E-state index contributed by atoms with van der Waals surface area (Å²) in [5.74, 6) is 0. The van der Waals surface area contributed by atoms with Crippen LogP contribution in [-0.4, -0.2) is 0 Å². The van der Waals surface area contributed by atoms with Crippen molar-refractivity contribution >= 4 is 159 Å². The first-order valence-corrected chi connectivity index (χ1v) is 30.5. The molecule has 0 amide bonds. The average Bonchev–Trinajstić information content (AvgIpc) is 2.81. The van der Waals surface area contributed by atoms with Gasteiger partial charge in [-0.25, -0.2) is 0 Å². The fraction of sp³-hybridized carbons (Fsp3) is 0. The van der Waals surface area contributed by atoms with E-state index in [4.69, 9.17) is 0 Å². The highest BCUT2D eigenvalue weighted by atomic mass is 31.2. The number of para-hydroxylation sites is 6. The molecule has 18 rings (SSSR count). The van der Waals surface area contributed by atoms with Gasteiger partial charge in [0.2, 0.25) is 0 Å². The number of rotatable bonds is 6. The van der Waals surface area contributed by atoms with Gasteiger partial charge in [0, 0.05) is 44.9 Å². The van der Waals surface area contributed by atoms with Gasteiger partial charge in [-0.1, -0.05) is 133 Å². The maximum atomic E-state index is 18.3. The van der Waals surface area contributed by atoms with Crippen LogP contribution in [0.2, 0.25) is 0 Å². The molecule has 2 atom stereocenters. The second-order valence-electron chi connectivity index (χ2n) is 21.1. The summed E-state index contributed by atoms with van der Waals surface area (Å²) in [5, 5.41) is 6.56. The standard InChI is InChI=1S/C70H44N6O2P2/c77-79-65-53-35-19-39-57(65)73(47-27-11-3-12-28-47)61-43-52-51(63(69(61)79)75(49-31-15-5-16-32-49)59-41-21-37-55(67(59)79)71(53)45-23-7-1-8-24-45)44-62-70-64(52)76(50-33-17-6-18-34-50)60-42-22-38-56-68(60)80(70,78)66-54(72(56)46-25-9-2-10-26-46)36-20-40-58(66)74(62)48-29-13-4-14-30-48/h1-44H. The largest absolute Gasteiger partial charge is 0.309 e. The Labute approximate surface area is 462 Å². The number of hydrogen-bond acceptors (Lipinski definition) is 8. The lowest BCUT2D eigenvalue weighted by Crippen LogP contribution is -2.49. The van der Waals surface area contributed by atoms with Gasteiger partial charge in [0.15, 0.2) is 14.3 Å². The molecule has 0 aromatic heterocycles. The van der Waals surface area contributed by atoms with Crippen molar-refractivity contribution in [3.63, 3.8) is 0 Å². The zero-order chi connectivity index (χ0) is 52.6. The molecule has 10 heteroatoms. The van der Waals surface area contributed by atoms with E-state index in [-0.39, 0.29) is 0 Å². The molecule has 6 aliphatic rings. The Morgan fingerprint density at radius 1 is 0.200 bits per heavy atom. The fourth-order valence-electron chi connectivity index (χ4n) is 14.2. The summed E-state index contributed by atoms with van der Waals surface area (Å²) < 4.78 is 36.6. The molecular formula is C70H44N6O2P2. The summed E-state index contributed by atoms with van der Waals surface area (Å²) in [6, 6.07) is 93.4. The van der Waals surface area contributed by atoms with Crippen molar-refractivity contribution in [2.24, 2.45) is 0 Å². The van der Waals surface area contributed by atoms with Crippen LogP contribution < -0.4 is 61.2 Å². The zero-order valence-electron chi connectivity index (χ0n) is 42.8. The average molecular weight is 1060 g/mol. The van der Waals surface area contributed by atoms with Crippen LogP contribution in [0.3, 0.4) is 0 Å². The normalized spacial score (nSPS) is 17.8. The van der Waals surface area contributed by atoms with Crippen LogP contribution in [0.5, 0.6) is 0 Å². The molecule has 0 N–H and O–H groups in total. The van der Waals surface area contributed by atoms with Crippen LogP contribution in [0, 0.1) is 0 Å². The third kappa shape index (κ3) is 5.42. The first-order chi connectivity index (χ1) is 39.5. The first kappa shape index (κ1) is 44.2. The van der Waals surface area contributed by atoms with Crippen molar-refractivity contribution < 1.29 is 9.13 Å².